The van der Waals surface area contributed by atoms with Gasteiger partial charge in [-0.3, -0.25) is 4.79 Å². The molecule has 1 aliphatic carbocycles. The van der Waals surface area contributed by atoms with E-state index in [1.807, 2.05) is 13.8 Å². The summed E-state index contributed by atoms with van der Waals surface area (Å²) in [6.45, 7) is 5.44. The first-order chi connectivity index (χ1) is 21.1. The van der Waals surface area contributed by atoms with Crippen molar-refractivity contribution in [3.05, 3.63) is 69.5 Å². The van der Waals surface area contributed by atoms with Crippen LogP contribution in [0.3, 0.4) is 0 Å². The highest BCUT2D eigenvalue weighted by Crippen LogP contribution is 2.47. The van der Waals surface area contributed by atoms with Crippen LogP contribution in [0.1, 0.15) is 89.6 Å². The van der Waals surface area contributed by atoms with Crippen molar-refractivity contribution in [2.45, 2.75) is 83.0 Å². The summed E-state index contributed by atoms with van der Waals surface area (Å²) in [4.78, 5) is 15.1. The molecule has 0 spiro atoms. The number of halogens is 6. The van der Waals surface area contributed by atoms with Crippen LogP contribution in [0.25, 0.3) is 0 Å². The van der Waals surface area contributed by atoms with Gasteiger partial charge in [-0.2, -0.15) is 31.1 Å². The lowest BCUT2D eigenvalue weighted by Gasteiger charge is -2.35. The predicted octanol–water partition coefficient (Wildman–Crippen LogP) is 7.47. The Balaban J connectivity index is 1.55. The summed E-state index contributed by atoms with van der Waals surface area (Å²) in [5.41, 5.74) is 1.19. The summed E-state index contributed by atoms with van der Waals surface area (Å²) in [7, 11) is 1.57. The molecule has 0 radical (unpaired) electrons. The van der Waals surface area contributed by atoms with Crippen molar-refractivity contribution in [3.8, 4) is 0 Å². The largest absolute Gasteiger partial charge is 0.481 e. The minimum atomic E-state index is -4.95. The molecule has 1 aliphatic heterocycles. The number of hydrogen-bond donors (Lipinski definition) is 1. The van der Waals surface area contributed by atoms with E-state index in [9.17, 15) is 36.2 Å². The van der Waals surface area contributed by atoms with Crippen LogP contribution in [0.2, 0.25) is 0 Å². The molecule has 5 rings (SSSR count). The van der Waals surface area contributed by atoms with E-state index in [2.05, 4.69) is 32.4 Å². The molecule has 2 aliphatic rings. The number of aliphatic carboxylic acids is 1. The Morgan fingerprint density at radius 3 is 2.16 bits per heavy atom. The number of nitrogens with zero attached hydrogens (tertiary/aromatic N) is 5. The average molecular weight is 638 g/mol. The minimum absolute atomic E-state index is 0.100. The lowest BCUT2D eigenvalue weighted by Crippen LogP contribution is -2.34. The second-order valence-corrected chi connectivity index (χ2v) is 12.6. The van der Waals surface area contributed by atoms with Crippen LogP contribution in [0.15, 0.2) is 30.3 Å². The molecular formula is C32H37F6N5O2. The third kappa shape index (κ3) is 7.44. The lowest BCUT2D eigenvalue weighted by atomic mass is 9.77. The average Bonchev–Trinajstić information content (AvgIpc) is 3.30. The molecule has 2 unspecified atom stereocenters. The number of aryl methyl sites for hydroxylation is 3. The summed E-state index contributed by atoms with van der Waals surface area (Å²) in [5, 5.41) is 22.0. The van der Waals surface area contributed by atoms with Crippen molar-refractivity contribution < 1.29 is 36.2 Å². The van der Waals surface area contributed by atoms with Crippen LogP contribution in [-0.4, -0.2) is 44.4 Å². The van der Waals surface area contributed by atoms with Crippen LogP contribution in [0.5, 0.6) is 0 Å². The maximum atomic E-state index is 13.8. The van der Waals surface area contributed by atoms with E-state index in [0.717, 1.165) is 60.3 Å². The van der Waals surface area contributed by atoms with Crippen LogP contribution >= 0.6 is 0 Å². The Hall–Kier alpha value is -3.64. The third-order valence-corrected chi connectivity index (χ3v) is 9.25. The molecule has 1 fully saturated rings. The Morgan fingerprint density at radius 2 is 1.60 bits per heavy atom. The number of fused-ring (bicyclic) bond motifs is 1. The first-order valence-corrected chi connectivity index (χ1v) is 15.2. The molecule has 7 nitrogen and oxygen atoms in total. The van der Waals surface area contributed by atoms with Gasteiger partial charge in [0.2, 0.25) is 0 Å². The molecule has 3 aromatic rings. The molecule has 0 saturated heterocycles. The molecule has 1 N–H and O–H groups in total. The normalized spacial score (nSPS) is 21.7. The highest BCUT2D eigenvalue weighted by molar-refractivity contribution is 5.70. The Labute approximate surface area is 257 Å². The molecule has 0 bridgehead atoms. The standard InChI is InChI=1S/C32H37F6N5O2/c1-18-11-19(2)28-26(12-18)25(5-4-10-43(28)17-20-6-8-22(9-7-20)30(44)45)27(29-39-41-42(3)40-29)15-21-13-23(31(33,34)35)16-24(14-21)32(36,37)38/h11-14,16,20,22,25,27H,4-10,15,17H2,1-3H3,(H,44,45). The molecule has 45 heavy (non-hydrogen) atoms. The van der Waals surface area contributed by atoms with Gasteiger partial charge in [0, 0.05) is 24.7 Å². The van der Waals surface area contributed by atoms with E-state index in [1.54, 1.807) is 7.05 Å². The van der Waals surface area contributed by atoms with E-state index >= 15 is 0 Å². The SMILES string of the molecule is Cc1cc(C)c2c(c1)C(C(Cc1cc(C(F)(F)F)cc(C(F)(F)F)c1)c1nnn(C)n1)CCCN2CC1CCC(C(=O)O)CC1. The first kappa shape index (κ1) is 32.7. The number of anilines is 1. The zero-order valence-corrected chi connectivity index (χ0v) is 25.4. The minimum Gasteiger partial charge on any atom is -0.481 e. The fraction of sp³-hybridized carbons (Fsp3) is 0.562. The van der Waals surface area contributed by atoms with E-state index < -0.39 is 35.4 Å². The lowest BCUT2D eigenvalue weighted by molar-refractivity contribution is -0.144. The van der Waals surface area contributed by atoms with Gasteiger partial charge in [0.15, 0.2) is 5.82 Å². The Morgan fingerprint density at radius 1 is 0.956 bits per heavy atom. The molecule has 2 aromatic carbocycles. The topological polar surface area (TPSA) is 84.1 Å². The van der Waals surface area contributed by atoms with E-state index in [4.69, 9.17) is 0 Å². The maximum absolute atomic E-state index is 13.8. The van der Waals surface area contributed by atoms with Gasteiger partial charge in [-0.15, -0.1) is 10.2 Å². The van der Waals surface area contributed by atoms with Gasteiger partial charge in [-0.05, 0) is 111 Å². The highest BCUT2D eigenvalue weighted by Gasteiger charge is 2.39. The molecule has 1 aromatic heterocycles. The number of carboxylic acids is 1. The summed E-state index contributed by atoms with van der Waals surface area (Å²) in [6, 6.07) is 5.86. The van der Waals surface area contributed by atoms with Gasteiger partial charge in [-0.25, -0.2) is 0 Å². The second-order valence-electron chi connectivity index (χ2n) is 12.6. The van der Waals surface area contributed by atoms with Crippen molar-refractivity contribution >= 4 is 11.7 Å². The van der Waals surface area contributed by atoms with Gasteiger partial charge in [0.1, 0.15) is 0 Å². The molecule has 244 valence electrons. The Bertz CT molecular complexity index is 1490. The molecular weight excluding hydrogens is 600 g/mol. The van der Waals surface area contributed by atoms with Crippen LogP contribution in [0.4, 0.5) is 32.0 Å². The van der Waals surface area contributed by atoms with E-state index in [-0.39, 0.29) is 35.7 Å². The monoisotopic (exact) mass is 637 g/mol. The molecule has 1 saturated carbocycles. The second kappa shape index (κ2) is 12.6. The number of alkyl halides is 6. The number of rotatable bonds is 7. The number of carbonyl (C=O) groups is 1. The fourth-order valence-corrected chi connectivity index (χ4v) is 7.23. The summed E-state index contributed by atoms with van der Waals surface area (Å²) < 4.78 is 82.5. The first-order valence-electron chi connectivity index (χ1n) is 15.2. The van der Waals surface area contributed by atoms with E-state index in [1.165, 1.54) is 4.80 Å². The molecule has 2 atom stereocenters. The van der Waals surface area contributed by atoms with Crippen molar-refractivity contribution in [2.75, 3.05) is 18.0 Å². The van der Waals surface area contributed by atoms with Gasteiger partial charge >= 0.3 is 18.3 Å². The van der Waals surface area contributed by atoms with Gasteiger partial charge in [-0.1, -0.05) is 17.7 Å². The molecule has 2 heterocycles. The van der Waals surface area contributed by atoms with Gasteiger partial charge in [0.25, 0.3) is 0 Å². The van der Waals surface area contributed by atoms with Crippen LogP contribution in [-0.2, 0) is 30.6 Å². The third-order valence-electron chi connectivity index (χ3n) is 9.25. The van der Waals surface area contributed by atoms with Crippen molar-refractivity contribution in [1.82, 2.24) is 20.2 Å². The fourth-order valence-electron chi connectivity index (χ4n) is 7.23. The zero-order chi connectivity index (χ0) is 32.7. The van der Waals surface area contributed by atoms with Crippen molar-refractivity contribution in [3.63, 3.8) is 0 Å². The number of carboxylic acid groups (broad SMARTS) is 1. The van der Waals surface area contributed by atoms with Crippen LogP contribution in [0, 0.1) is 25.7 Å². The van der Waals surface area contributed by atoms with Crippen molar-refractivity contribution in [2.24, 2.45) is 18.9 Å². The van der Waals surface area contributed by atoms with Crippen molar-refractivity contribution in [1.29, 1.82) is 0 Å². The maximum Gasteiger partial charge on any atom is 0.416 e. The Kier molecular flexibility index (Phi) is 9.19. The van der Waals surface area contributed by atoms with E-state index in [0.29, 0.717) is 31.7 Å². The number of hydrogen-bond acceptors (Lipinski definition) is 5. The number of benzene rings is 2. The number of aromatic nitrogens is 4. The van der Waals surface area contributed by atoms with Gasteiger partial charge < -0.3 is 10.0 Å². The molecule has 13 heteroatoms. The van der Waals surface area contributed by atoms with Crippen LogP contribution < -0.4 is 4.90 Å². The smallest absolute Gasteiger partial charge is 0.416 e. The zero-order valence-electron chi connectivity index (χ0n) is 25.4. The predicted molar refractivity (Wildman–Crippen MR) is 155 cm³/mol. The number of tetrazole rings is 1. The summed E-state index contributed by atoms with van der Waals surface area (Å²) in [5.74, 6) is -1.45. The quantitative estimate of drug-likeness (QED) is 0.271. The van der Waals surface area contributed by atoms with Gasteiger partial charge in [0.05, 0.1) is 24.1 Å². The summed E-state index contributed by atoms with van der Waals surface area (Å²) in [6.07, 6.45) is -5.83. The highest BCUT2D eigenvalue weighted by atomic mass is 19.4. The molecule has 0 amide bonds. The summed E-state index contributed by atoms with van der Waals surface area (Å²) >= 11 is 0.